The molecule has 0 radical (unpaired) electrons. The average molecular weight is 266 g/mol. The van der Waals surface area contributed by atoms with Crippen molar-refractivity contribution < 1.29 is 0 Å². The fourth-order valence-electron chi connectivity index (χ4n) is 2.24. The van der Waals surface area contributed by atoms with E-state index < -0.39 is 0 Å². The molecule has 0 bridgehead atoms. The number of nitrogens with zero attached hydrogens (tertiary/aromatic N) is 3. The molecular weight excluding hydrogens is 248 g/mol. The second-order valence-corrected chi connectivity index (χ2v) is 4.97. The van der Waals surface area contributed by atoms with Gasteiger partial charge in [0.05, 0.1) is 6.33 Å². The van der Waals surface area contributed by atoms with E-state index in [1.807, 2.05) is 19.6 Å². The lowest BCUT2D eigenvalue weighted by Gasteiger charge is -2.08. The van der Waals surface area contributed by atoms with Gasteiger partial charge >= 0.3 is 0 Å². The van der Waals surface area contributed by atoms with Gasteiger partial charge in [-0.3, -0.25) is 0 Å². The third-order valence-corrected chi connectivity index (χ3v) is 3.24. The van der Waals surface area contributed by atoms with Gasteiger partial charge in [0, 0.05) is 50.6 Å². The standard InChI is InChI=1S/C16H18N4/c1-19-7-5-15(11-19)10-18-16-4-2-3-14(9-16)12-20-8-6-17-13-20/h2-9,11,13,18H,10,12H2,1H3. The number of imidazole rings is 1. The van der Waals surface area contributed by atoms with Gasteiger partial charge in [0.2, 0.25) is 0 Å². The second kappa shape index (κ2) is 5.65. The summed E-state index contributed by atoms with van der Waals surface area (Å²) in [5.41, 5.74) is 3.69. The first-order chi connectivity index (χ1) is 9.79. The van der Waals surface area contributed by atoms with Crippen molar-refractivity contribution in [2.75, 3.05) is 5.32 Å². The molecule has 0 saturated heterocycles. The van der Waals surface area contributed by atoms with Crippen molar-refractivity contribution >= 4 is 5.69 Å². The van der Waals surface area contributed by atoms with E-state index in [9.17, 15) is 0 Å². The first-order valence-corrected chi connectivity index (χ1v) is 6.69. The maximum atomic E-state index is 4.06. The minimum atomic E-state index is 0.843. The van der Waals surface area contributed by atoms with Gasteiger partial charge in [-0.15, -0.1) is 0 Å². The zero-order valence-electron chi connectivity index (χ0n) is 11.5. The maximum Gasteiger partial charge on any atom is 0.0949 e. The summed E-state index contributed by atoms with van der Waals surface area (Å²) in [6.45, 7) is 1.69. The summed E-state index contributed by atoms with van der Waals surface area (Å²) in [4.78, 5) is 4.06. The Morgan fingerprint density at radius 3 is 2.85 bits per heavy atom. The quantitative estimate of drug-likeness (QED) is 0.770. The summed E-state index contributed by atoms with van der Waals surface area (Å²) in [6, 6.07) is 10.6. The molecule has 1 N–H and O–H groups in total. The fraction of sp³-hybridized carbons (Fsp3) is 0.188. The van der Waals surface area contributed by atoms with Crippen LogP contribution in [0, 0.1) is 0 Å². The molecule has 0 aliphatic rings. The lowest BCUT2D eigenvalue weighted by atomic mass is 10.2. The van der Waals surface area contributed by atoms with Crippen LogP contribution in [0.25, 0.3) is 0 Å². The van der Waals surface area contributed by atoms with Crippen LogP contribution in [-0.2, 0) is 20.1 Å². The van der Waals surface area contributed by atoms with Crippen LogP contribution < -0.4 is 5.32 Å². The van der Waals surface area contributed by atoms with Crippen LogP contribution in [-0.4, -0.2) is 14.1 Å². The lowest BCUT2D eigenvalue weighted by molar-refractivity contribution is 0.797. The van der Waals surface area contributed by atoms with E-state index in [0.717, 1.165) is 18.8 Å². The Kier molecular flexibility index (Phi) is 3.54. The Labute approximate surface area is 118 Å². The Balaban J connectivity index is 1.65. The molecule has 0 amide bonds. The first-order valence-electron chi connectivity index (χ1n) is 6.69. The Morgan fingerprint density at radius 1 is 1.15 bits per heavy atom. The van der Waals surface area contributed by atoms with Crippen molar-refractivity contribution in [2.45, 2.75) is 13.1 Å². The van der Waals surface area contributed by atoms with Crippen molar-refractivity contribution in [1.82, 2.24) is 14.1 Å². The molecule has 2 heterocycles. The molecule has 4 heteroatoms. The molecule has 3 rings (SSSR count). The molecule has 1 aromatic carbocycles. The SMILES string of the molecule is Cn1ccc(CNc2cccc(Cn3ccnc3)c2)c1. The van der Waals surface area contributed by atoms with Crippen LogP contribution in [0.4, 0.5) is 5.69 Å². The third kappa shape index (κ3) is 3.09. The topological polar surface area (TPSA) is 34.8 Å². The molecule has 20 heavy (non-hydrogen) atoms. The van der Waals surface area contributed by atoms with Gasteiger partial charge in [0.25, 0.3) is 0 Å². The molecule has 0 aliphatic carbocycles. The van der Waals surface area contributed by atoms with E-state index in [4.69, 9.17) is 0 Å². The highest BCUT2D eigenvalue weighted by atomic mass is 15.0. The Morgan fingerprint density at radius 2 is 2.10 bits per heavy atom. The Hall–Kier alpha value is -2.49. The van der Waals surface area contributed by atoms with Gasteiger partial charge < -0.3 is 14.5 Å². The minimum absolute atomic E-state index is 0.843. The predicted octanol–water partition coefficient (Wildman–Crippen LogP) is 2.88. The zero-order valence-corrected chi connectivity index (χ0v) is 11.5. The van der Waals surface area contributed by atoms with Crippen LogP contribution >= 0.6 is 0 Å². The molecule has 2 aromatic heterocycles. The van der Waals surface area contributed by atoms with Crippen molar-refractivity contribution in [3.8, 4) is 0 Å². The van der Waals surface area contributed by atoms with Crippen molar-refractivity contribution in [3.63, 3.8) is 0 Å². The molecule has 0 atom stereocenters. The molecule has 0 unspecified atom stereocenters. The molecule has 0 spiro atoms. The van der Waals surface area contributed by atoms with Crippen molar-refractivity contribution in [1.29, 1.82) is 0 Å². The number of hydrogen-bond acceptors (Lipinski definition) is 2. The number of nitrogens with one attached hydrogen (secondary N) is 1. The summed E-state index contributed by atoms with van der Waals surface area (Å²) >= 11 is 0. The highest BCUT2D eigenvalue weighted by Gasteiger charge is 1.99. The molecule has 4 nitrogen and oxygen atoms in total. The Bertz CT molecular complexity index is 667. The van der Waals surface area contributed by atoms with E-state index in [2.05, 4.69) is 62.2 Å². The largest absolute Gasteiger partial charge is 0.381 e. The summed E-state index contributed by atoms with van der Waals surface area (Å²) < 4.78 is 4.13. The zero-order chi connectivity index (χ0) is 13.8. The maximum absolute atomic E-state index is 4.06. The normalized spacial score (nSPS) is 10.7. The smallest absolute Gasteiger partial charge is 0.0949 e. The van der Waals surface area contributed by atoms with Gasteiger partial charge in [0.15, 0.2) is 0 Å². The highest BCUT2D eigenvalue weighted by molar-refractivity contribution is 5.46. The number of rotatable bonds is 5. The van der Waals surface area contributed by atoms with Gasteiger partial charge in [-0.2, -0.15) is 0 Å². The predicted molar refractivity (Wildman–Crippen MR) is 80.5 cm³/mol. The van der Waals surface area contributed by atoms with E-state index >= 15 is 0 Å². The van der Waals surface area contributed by atoms with Crippen molar-refractivity contribution in [2.24, 2.45) is 7.05 Å². The molecule has 0 fully saturated rings. The van der Waals surface area contributed by atoms with Gasteiger partial charge in [-0.05, 0) is 29.3 Å². The molecule has 0 saturated carbocycles. The molecular formula is C16H18N4. The number of benzene rings is 1. The van der Waals surface area contributed by atoms with E-state index in [-0.39, 0.29) is 0 Å². The second-order valence-electron chi connectivity index (χ2n) is 4.97. The number of hydrogen-bond donors (Lipinski definition) is 1. The summed E-state index contributed by atoms with van der Waals surface area (Å²) in [7, 11) is 2.04. The monoisotopic (exact) mass is 266 g/mol. The van der Waals surface area contributed by atoms with Crippen LogP contribution in [0.3, 0.4) is 0 Å². The third-order valence-electron chi connectivity index (χ3n) is 3.24. The van der Waals surface area contributed by atoms with Crippen LogP contribution in [0.1, 0.15) is 11.1 Å². The summed E-state index contributed by atoms with van der Waals surface area (Å²) in [5, 5.41) is 3.46. The number of aromatic nitrogens is 3. The molecule has 102 valence electrons. The number of anilines is 1. The van der Waals surface area contributed by atoms with E-state index in [1.165, 1.54) is 11.1 Å². The molecule has 0 aliphatic heterocycles. The first kappa shape index (κ1) is 12.5. The van der Waals surface area contributed by atoms with Gasteiger partial charge in [-0.1, -0.05) is 12.1 Å². The average Bonchev–Trinajstić information content (AvgIpc) is 3.09. The minimum Gasteiger partial charge on any atom is -0.381 e. The summed E-state index contributed by atoms with van der Waals surface area (Å²) in [5.74, 6) is 0. The molecule has 3 aromatic rings. The lowest BCUT2D eigenvalue weighted by Crippen LogP contribution is -2.01. The fourth-order valence-corrected chi connectivity index (χ4v) is 2.24. The van der Waals surface area contributed by atoms with E-state index in [0.29, 0.717) is 0 Å². The van der Waals surface area contributed by atoms with Gasteiger partial charge in [0.1, 0.15) is 0 Å². The summed E-state index contributed by atoms with van der Waals surface area (Å²) in [6.07, 6.45) is 9.81. The van der Waals surface area contributed by atoms with Crippen LogP contribution in [0.15, 0.2) is 61.4 Å². The van der Waals surface area contributed by atoms with Crippen LogP contribution in [0.2, 0.25) is 0 Å². The van der Waals surface area contributed by atoms with Crippen LogP contribution in [0.5, 0.6) is 0 Å². The van der Waals surface area contributed by atoms with Crippen molar-refractivity contribution in [3.05, 3.63) is 72.6 Å². The van der Waals surface area contributed by atoms with Gasteiger partial charge in [-0.25, -0.2) is 4.98 Å². The highest BCUT2D eigenvalue weighted by Crippen LogP contribution is 2.13. The number of aryl methyl sites for hydroxylation is 1. The van der Waals surface area contributed by atoms with E-state index in [1.54, 1.807) is 6.20 Å².